The van der Waals surface area contributed by atoms with Gasteiger partial charge in [0, 0.05) is 6.42 Å². The summed E-state index contributed by atoms with van der Waals surface area (Å²) in [5, 5.41) is 57.2. The molecule has 82 heavy (non-hydrogen) atoms. The molecule has 0 saturated carbocycles. The highest BCUT2D eigenvalue weighted by Gasteiger charge is 2.47. The first-order valence-corrected chi connectivity index (χ1v) is 34.2. The van der Waals surface area contributed by atoms with Gasteiger partial charge in [0.1, 0.15) is 24.4 Å². The molecule has 1 rings (SSSR count). The minimum absolute atomic E-state index is 0.125. The van der Waals surface area contributed by atoms with Crippen molar-refractivity contribution in [1.82, 2.24) is 5.32 Å². The number of carbonyl (C=O) groups is 2. The van der Waals surface area contributed by atoms with Gasteiger partial charge in [0.05, 0.1) is 25.4 Å². The monoisotopic (exact) mass is 1150 g/mol. The number of carbonyl (C=O) groups excluding carboxylic acids is 2. The summed E-state index contributed by atoms with van der Waals surface area (Å²) in [6.07, 6.45) is 65.1. The minimum atomic E-state index is -1.61. The lowest BCUT2D eigenvalue weighted by molar-refractivity contribution is -0.305. The molecule has 0 aromatic rings. The minimum Gasteiger partial charge on any atom is -0.454 e. The van der Waals surface area contributed by atoms with Crippen molar-refractivity contribution in [3.8, 4) is 0 Å². The van der Waals surface area contributed by atoms with Crippen LogP contribution in [0, 0.1) is 0 Å². The maximum Gasteiger partial charge on any atom is 0.306 e. The van der Waals surface area contributed by atoms with Crippen LogP contribution < -0.4 is 5.32 Å². The fourth-order valence-corrected chi connectivity index (χ4v) is 10.5. The van der Waals surface area contributed by atoms with Crippen LogP contribution in [-0.2, 0) is 23.8 Å². The summed E-state index contributed by atoms with van der Waals surface area (Å²) in [4.78, 5) is 26.6. The van der Waals surface area contributed by atoms with Crippen LogP contribution in [0.25, 0.3) is 0 Å². The number of ether oxygens (including phenoxy) is 3. The number of aliphatic hydroxyl groups excluding tert-OH is 5. The van der Waals surface area contributed by atoms with Crippen molar-refractivity contribution in [3.63, 3.8) is 0 Å². The Hall–Kier alpha value is -2.90. The molecule has 6 N–H and O–H groups in total. The number of unbranched alkanes of at least 4 members (excludes halogenated alkanes) is 34. The van der Waals surface area contributed by atoms with Crippen LogP contribution in [0.5, 0.6) is 0 Å². The molecule has 1 aliphatic heterocycles. The Kier molecular flexibility index (Phi) is 55.0. The number of aliphatic hydroxyl groups is 5. The van der Waals surface area contributed by atoms with Gasteiger partial charge in [0.15, 0.2) is 12.4 Å². The fraction of sp³-hybridized carbons (Fsp3) is 0.803. The molecule has 1 amide bonds. The molecule has 0 spiro atoms. The maximum absolute atomic E-state index is 13.5. The van der Waals surface area contributed by atoms with E-state index in [1.54, 1.807) is 6.08 Å². The van der Waals surface area contributed by atoms with Crippen LogP contribution in [0.1, 0.15) is 303 Å². The molecule has 8 atom stereocenters. The Morgan fingerprint density at radius 2 is 0.878 bits per heavy atom. The average molecular weight is 1150 g/mol. The van der Waals surface area contributed by atoms with E-state index in [1.165, 1.54) is 161 Å². The van der Waals surface area contributed by atoms with Crippen LogP contribution in [0.4, 0.5) is 0 Å². The summed E-state index contributed by atoms with van der Waals surface area (Å²) in [6, 6.07) is -1.03. The molecule has 11 nitrogen and oxygen atoms in total. The van der Waals surface area contributed by atoms with E-state index in [4.69, 9.17) is 14.2 Å². The van der Waals surface area contributed by atoms with Crippen LogP contribution in [0.15, 0.2) is 72.9 Å². The van der Waals surface area contributed by atoms with E-state index in [1.807, 2.05) is 6.08 Å². The average Bonchev–Trinajstić information content (AvgIpc) is 3.68. The van der Waals surface area contributed by atoms with Gasteiger partial charge in [-0.05, 0) is 70.6 Å². The predicted octanol–water partition coefficient (Wildman–Crippen LogP) is 17.1. The molecule has 1 saturated heterocycles. The lowest BCUT2D eigenvalue weighted by atomic mass is 9.99. The highest BCUT2D eigenvalue weighted by molar-refractivity contribution is 5.80. The van der Waals surface area contributed by atoms with Gasteiger partial charge in [-0.15, -0.1) is 0 Å². The highest BCUT2D eigenvalue weighted by Crippen LogP contribution is 2.26. The standard InChI is InChI=1S/C71H127NO10/c1-4-7-10-13-16-19-22-25-27-29-30-31-32-33-34-35-37-38-40-43-46-49-52-55-58-64(75)70(79)72-62(63(74)57-54-51-48-45-42-24-21-18-15-12-9-6-3)61-80-71-69(68(78)67(77)65(60-73)81-71)82-66(76)59-56-53-50-47-44-41-39-36-28-26-23-20-17-14-11-8-5-2/h7,10,16,19,25,27,30-31,33-34,54,57,62-65,67-69,71,73-75,77-78H,4-6,8-9,11-15,17-18,20-24,26,28-29,32,35-53,55-56,58-61H2,1-3H3,(H,72,79)/b10-7-,19-16-,27-25-,31-30-,34-33-,57-54+. The number of hydrogen-bond acceptors (Lipinski definition) is 10. The fourth-order valence-electron chi connectivity index (χ4n) is 10.5. The molecule has 0 aromatic heterocycles. The SMILES string of the molecule is CC/C=C\C/C=C\C/C=C\C/C=C\C/C=C\CCCCCCCCCCC(O)C(=O)NC(COC1OC(CO)C(O)C(O)C1OC(=O)CCCCCCCCCCCCCCCCCCC)C(O)/C=C/CCCCCCCCCCCC. The van der Waals surface area contributed by atoms with Crippen molar-refractivity contribution >= 4 is 11.9 Å². The lowest BCUT2D eigenvalue weighted by Crippen LogP contribution is -2.61. The molecular weight excluding hydrogens is 1030 g/mol. The molecule has 11 heteroatoms. The smallest absolute Gasteiger partial charge is 0.306 e. The first-order valence-electron chi connectivity index (χ1n) is 34.2. The second-order valence-corrected chi connectivity index (χ2v) is 23.5. The van der Waals surface area contributed by atoms with E-state index in [-0.39, 0.29) is 19.4 Å². The van der Waals surface area contributed by atoms with Crippen LogP contribution in [-0.4, -0.2) is 99.6 Å². The molecule has 476 valence electrons. The van der Waals surface area contributed by atoms with Crippen LogP contribution in [0.2, 0.25) is 0 Å². The normalized spacial score (nSPS) is 19.0. The number of nitrogens with one attached hydrogen (secondary N) is 1. The van der Waals surface area contributed by atoms with E-state index in [0.717, 1.165) is 96.3 Å². The van der Waals surface area contributed by atoms with Gasteiger partial charge < -0.3 is 45.1 Å². The second kappa shape index (κ2) is 58.5. The topological polar surface area (TPSA) is 175 Å². The third-order valence-corrected chi connectivity index (χ3v) is 15.9. The zero-order valence-electron chi connectivity index (χ0n) is 52.9. The summed E-state index contributed by atoms with van der Waals surface area (Å²) in [5.41, 5.74) is 0. The van der Waals surface area contributed by atoms with Crippen molar-refractivity contribution in [1.29, 1.82) is 0 Å². The summed E-state index contributed by atoms with van der Waals surface area (Å²) in [6.45, 7) is 5.70. The number of hydrogen-bond donors (Lipinski definition) is 6. The molecule has 8 unspecified atom stereocenters. The van der Waals surface area contributed by atoms with Gasteiger partial charge in [-0.25, -0.2) is 0 Å². The van der Waals surface area contributed by atoms with E-state index in [9.17, 15) is 35.1 Å². The third-order valence-electron chi connectivity index (χ3n) is 15.9. The Balaban J connectivity index is 2.61. The molecule has 1 heterocycles. The number of allylic oxidation sites excluding steroid dienone is 11. The van der Waals surface area contributed by atoms with Gasteiger partial charge in [-0.1, -0.05) is 299 Å². The van der Waals surface area contributed by atoms with Gasteiger partial charge in [-0.3, -0.25) is 9.59 Å². The lowest BCUT2D eigenvalue weighted by Gasteiger charge is -2.41. The van der Waals surface area contributed by atoms with Crippen molar-refractivity contribution in [2.45, 2.75) is 352 Å². The summed E-state index contributed by atoms with van der Waals surface area (Å²) >= 11 is 0. The zero-order valence-corrected chi connectivity index (χ0v) is 52.9. The first kappa shape index (κ1) is 77.1. The van der Waals surface area contributed by atoms with Crippen LogP contribution in [0.3, 0.4) is 0 Å². The highest BCUT2D eigenvalue weighted by atomic mass is 16.7. The molecule has 0 bridgehead atoms. The largest absolute Gasteiger partial charge is 0.454 e. The summed E-state index contributed by atoms with van der Waals surface area (Å²) in [5.74, 6) is -1.19. The van der Waals surface area contributed by atoms with Gasteiger partial charge in [0.25, 0.3) is 0 Å². The van der Waals surface area contributed by atoms with E-state index in [0.29, 0.717) is 12.8 Å². The number of amides is 1. The Labute approximate surface area is 502 Å². The summed E-state index contributed by atoms with van der Waals surface area (Å²) in [7, 11) is 0. The quantitative estimate of drug-likeness (QED) is 0.0195. The van der Waals surface area contributed by atoms with Crippen molar-refractivity contribution < 1.29 is 49.3 Å². The van der Waals surface area contributed by atoms with Crippen molar-refractivity contribution in [2.75, 3.05) is 13.2 Å². The van der Waals surface area contributed by atoms with Gasteiger partial charge >= 0.3 is 5.97 Å². The van der Waals surface area contributed by atoms with E-state index in [2.05, 4.69) is 86.8 Å². The molecule has 0 radical (unpaired) electrons. The van der Waals surface area contributed by atoms with Crippen molar-refractivity contribution in [3.05, 3.63) is 72.9 Å². The first-order chi connectivity index (χ1) is 40.2. The van der Waals surface area contributed by atoms with E-state index >= 15 is 0 Å². The zero-order chi connectivity index (χ0) is 59.6. The van der Waals surface area contributed by atoms with Gasteiger partial charge in [0.2, 0.25) is 5.91 Å². The summed E-state index contributed by atoms with van der Waals surface area (Å²) < 4.78 is 17.7. The predicted molar refractivity (Wildman–Crippen MR) is 343 cm³/mol. The second-order valence-electron chi connectivity index (χ2n) is 23.5. The number of esters is 1. The molecule has 0 aliphatic carbocycles. The maximum atomic E-state index is 13.5. The van der Waals surface area contributed by atoms with Crippen LogP contribution >= 0.6 is 0 Å². The molecule has 0 aromatic carbocycles. The Morgan fingerprint density at radius 1 is 0.488 bits per heavy atom. The molecule has 1 aliphatic rings. The third kappa shape index (κ3) is 45.5. The van der Waals surface area contributed by atoms with Gasteiger partial charge in [-0.2, -0.15) is 0 Å². The van der Waals surface area contributed by atoms with E-state index < -0.39 is 67.4 Å². The Bertz CT molecular complexity index is 1610. The molecular formula is C71H127NO10. The number of rotatable bonds is 58. The van der Waals surface area contributed by atoms with Crippen molar-refractivity contribution in [2.24, 2.45) is 0 Å². The Morgan fingerprint density at radius 3 is 1.32 bits per heavy atom. The molecule has 1 fully saturated rings.